The van der Waals surface area contributed by atoms with Crippen molar-refractivity contribution in [3.8, 4) is 22.3 Å². The largest absolute Gasteiger partial charge is 0.310 e. The van der Waals surface area contributed by atoms with Crippen LogP contribution in [0.5, 0.6) is 0 Å². The van der Waals surface area contributed by atoms with Gasteiger partial charge in [-0.1, -0.05) is 172 Å². The number of hydrogen-bond donors (Lipinski definition) is 0. The predicted octanol–water partition coefficient (Wildman–Crippen LogP) is 16.6. The molecule has 0 N–H and O–H groups in total. The molecular formula is C57H46N2. The van der Waals surface area contributed by atoms with Gasteiger partial charge in [0.05, 0.1) is 11.4 Å². The van der Waals surface area contributed by atoms with Crippen LogP contribution in [0.4, 0.5) is 34.1 Å². The van der Waals surface area contributed by atoms with Gasteiger partial charge in [-0.15, -0.1) is 0 Å². The van der Waals surface area contributed by atoms with E-state index in [1.165, 1.54) is 71.3 Å². The molecule has 0 radical (unpaired) electrons. The zero-order chi connectivity index (χ0) is 40.0. The molecule has 0 heterocycles. The van der Waals surface area contributed by atoms with E-state index in [0.717, 1.165) is 34.1 Å². The van der Waals surface area contributed by atoms with E-state index in [0.29, 0.717) is 5.92 Å². The van der Waals surface area contributed by atoms with Gasteiger partial charge in [-0.05, 0) is 117 Å². The maximum atomic E-state index is 2.49. The molecule has 10 aromatic rings. The van der Waals surface area contributed by atoms with Crippen LogP contribution in [-0.2, 0) is 0 Å². The summed E-state index contributed by atoms with van der Waals surface area (Å²) in [6.07, 6.45) is 0. The van der Waals surface area contributed by atoms with Gasteiger partial charge in [0.25, 0.3) is 0 Å². The Labute approximate surface area is 347 Å². The van der Waals surface area contributed by atoms with E-state index in [1.54, 1.807) is 0 Å². The SMILES string of the molecule is Cc1c(-c2ccccc2)cccc1N(c1ccccc1)c1cc(N(c2ccccc2)c2cccc(-c3ccccc3)c2C)c2ccc3cc(C(C)C)cc4ccc1c2c43. The Kier molecular flexibility index (Phi) is 9.19. The second-order valence-corrected chi connectivity index (χ2v) is 16.0. The summed E-state index contributed by atoms with van der Waals surface area (Å²) in [5, 5.41) is 7.56. The lowest BCUT2D eigenvalue weighted by molar-refractivity contribution is 0.870. The summed E-state index contributed by atoms with van der Waals surface area (Å²) in [6.45, 7) is 9.12. The van der Waals surface area contributed by atoms with Crippen LogP contribution in [0.1, 0.15) is 36.5 Å². The highest BCUT2D eigenvalue weighted by molar-refractivity contribution is 6.29. The average molecular weight is 759 g/mol. The number of nitrogens with zero attached hydrogens (tertiary/aromatic N) is 2. The minimum Gasteiger partial charge on any atom is -0.310 e. The van der Waals surface area contributed by atoms with E-state index < -0.39 is 0 Å². The predicted molar refractivity (Wildman–Crippen MR) is 254 cm³/mol. The third-order valence-corrected chi connectivity index (χ3v) is 12.1. The second-order valence-electron chi connectivity index (χ2n) is 16.0. The highest BCUT2D eigenvalue weighted by Gasteiger charge is 2.27. The van der Waals surface area contributed by atoms with Gasteiger partial charge in [-0.3, -0.25) is 0 Å². The fraction of sp³-hybridized carbons (Fsp3) is 0.0877. The van der Waals surface area contributed by atoms with Crippen molar-refractivity contribution in [1.29, 1.82) is 0 Å². The van der Waals surface area contributed by atoms with Crippen LogP contribution in [0.2, 0.25) is 0 Å². The number of para-hydroxylation sites is 2. The van der Waals surface area contributed by atoms with Crippen molar-refractivity contribution in [3.05, 3.63) is 217 Å². The normalized spacial score (nSPS) is 11.5. The first-order chi connectivity index (χ1) is 29.0. The maximum absolute atomic E-state index is 2.49. The summed E-state index contributed by atoms with van der Waals surface area (Å²) in [5.41, 5.74) is 15.4. The lowest BCUT2D eigenvalue weighted by Crippen LogP contribution is -2.16. The smallest absolute Gasteiger partial charge is 0.0561 e. The molecule has 0 bridgehead atoms. The summed E-state index contributed by atoms with van der Waals surface area (Å²) in [7, 11) is 0. The molecular weight excluding hydrogens is 713 g/mol. The van der Waals surface area contributed by atoms with Crippen LogP contribution in [0.15, 0.2) is 200 Å². The van der Waals surface area contributed by atoms with E-state index in [4.69, 9.17) is 0 Å². The third kappa shape index (κ3) is 6.29. The number of hydrogen-bond acceptors (Lipinski definition) is 2. The van der Waals surface area contributed by atoms with Crippen molar-refractivity contribution in [1.82, 2.24) is 0 Å². The minimum absolute atomic E-state index is 0.421. The van der Waals surface area contributed by atoms with Gasteiger partial charge in [0, 0.05) is 38.9 Å². The quantitative estimate of drug-likeness (QED) is 0.135. The second kappa shape index (κ2) is 15.0. The summed E-state index contributed by atoms with van der Waals surface area (Å²) in [4.78, 5) is 4.99. The summed E-state index contributed by atoms with van der Waals surface area (Å²) in [5.74, 6) is 0.421. The standard InChI is InChI=1S/C57H46N2/c1-38(2)45-35-43-31-33-50-54(58(46-23-13-7-14-24-46)52-29-17-27-48(39(52)3)41-19-9-5-10-20-41)37-55(51-34-32-44(36-45)56(43)57(50)51)59(47-25-15-8-16-26-47)53-30-18-28-49(40(53)4)42-21-11-6-12-22-42/h5-38H,1-4H3. The lowest BCUT2D eigenvalue weighted by Gasteiger charge is -2.34. The molecule has 0 aliphatic heterocycles. The van der Waals surface area contributed by atoms with E-state index in [2.05, 4.69) is 238 Å². The van der Waals surface area contributed by atoms with Crippen molar-refractivity contribution in [3.63, 3.8) is 0 Å². The average Bonchev–Trinajstić information content (AvgIpc) is 3.28. The zero-order valence-corrected chi connectivity index (χ0v) is 34.0. The molecule has 0 aliphatic carbocycles. The van der Waals surface area contributed by atoms with Gasteiger partial charge in [-0.25, -0.2) is 0 Å². The first kappa shape index (κ1) is 36.2. The van der Waals surface area contributed by atoms with Crippen LogP contribution in [0.3, 0.4) is 0 Å². The topological polar surface area (TPSA) is 6.48 Å². The van der Waals surface area contributed by atoms with E-state index in [1.807, 2.05) is 0 Å². The van der Waals surface area contributed by atoms with Crippen LogP contribution >= 0.6 is 0 Å². The molecule has 10 aromatic carbocycles. The molecule has 0 atom stereocenters. The van der Waals surface area contributed by atoms with Gasteiger partial charge in [0.1, 0.15) is 0 Å². The molecule has 0 aliphatic rings. The molecule has 59 heavy (non-hydrogen) atoms. The Morgan fingerprint density at radius 2 is 0.763 bits per heavy atom. The first-order valence-electron chi connectivity index (χ1n) is 20.7. The fourth-order valence-electron chi connectivity index (χ4n) is 9.17. The Bertz CT molecular complexity index is 2880. The lowest BCUT2D eigenvalue weighted by atomic mass is 9.88. The van der Waals surface area contributed by atoms with Crippen molar-refractivity contribution in [2.45, 2.75) is 33.6 Å². The van der Waals surface area contributed by atoms with Gasteiger partial charge in [0.15, 0.2) is 0 Å². The Morgan fingerprint density at radius 3 is 1.17 bits per heavy atom. The van der Waals surface area contributed by atoms with Crippen LogP contribution in [0, 0.1) is 13.8 Å². The summed E-state index contributed by atoms with van der Waals surface area (Å²) in [6, 6.07) is 73.5. The molecule has 2 heteroatoms. The monoisotopic (exact) mass is 758 g/mol. The van der Waals surface area contributed by atoms with Gasteiger partial charge >= 0.3 is 0 Å². The fourth-order valence-corrected chi connectivity index (χ4v) is 9.17. The molecule has 0 aromatic heterocycles. The maximum Gasteiger partial charge on any atom is 0.0561 e. The highest BCUT2D eigenvalue weighted by Crippen LogP contribution is 2.52. The number of rotatable bonds is 9. The van der Waals surface area contributed by atoms with Crippen molar-refractivity contribution in [2.24, 2.45) is 0 Å². The molecule has 0 saturated heterocycles. The van der Waals surface area contributed by atoms with Gasteiger partial charge < -0.3 is 9.80 Å². The molecule has 284 valence electrons. The summed E-state index contributed by atoms with van der Waals surface area (Å²) < 4.78 is 0. The Balaban J connectivity index is 1.34. The zero-order valence-electron chi connectivity index (χ0n) is 34.0. The van der Waals surface area contributed by atoms with Crippen molar-refractivity contribution >= 4 is 66.4 Å². The molecule has 0 amide bonds. The summed E-state index contributed by atoms with van der Waals surface area (Å²) >= 11 is 0. The Morgan fingerprint density at radius 1 is 0.356 bits per heavy atom. The minimum atomic E-state index is 0.421. The molecule has 0 saturated carbocycles. The number of anilines is 6. The van der Waals surface area contributed by atoms with Gasteiger partial charge in [-0.2, -0.15) is 0 Å². The first-order valence-corrected chi connectivity index (χ1v) is 20.7. The van der Waals surface area contributed by atoms with Crippen LogP contribution in [-0.4, -0.2) is 0 Å². The third-order valence-electron chi connectivity index (χ3n) is 12.1. The van der Waals surface area contributed by atoms with Crippen LogP contribution in [0.25, 0.3) is 54.6 Å². The number of benzene rings is 10. The Hall–Kier alpha value is -7.16. The van der Waals surface area contributed by atoms with E-state index >= 15 is 0 Å². The van der Waals surface area contributed by atoms with Crippen molar-refractivity contribution < 1.29 is 0 Å². The van der Waals surface area contributed by atoms with E-state index in [9.17, 15) is 0 Å². The molecule has 2 nitrogen and oxygen atoms in total. The highest BCUT2D eigenvalue weighted by atomic mass is 15.2. The van der Waals surface area contributed by atoms with Crippen LogP contribution < -0.4 is 9.80 Å². The molecule has 0 fully saturated rings. The van der Waals surface area contributed by atoms with Crippen molar-refractivity contribution in [2.75, 3.05) is 9.80 Å². The van der Waals surface area contributed by atoms with Gasteiger partial charge in [0.2, 0.25) is 0 Å². The van der Waals surface area contributed by atoms with E-state index in [-0.39, 0.29) is 0 Å². The molecule has 0 spiro atoms. The molecule has 0 unspecified atom stereocenters. The molecule has 10 rings (SSSR count).